The van der Waals surface area contributed by atoms with Gasteiger partial charge in [-0.3, -0.25) is 0 Å². The first kappa shape index (κ1) is 13.0. The molecule has 9 heteroatoms. The third kappa shape index (κ3) is 2.56. The molecule has 4 nitrogen and oxygen atoms in total. The van der Waals surface area contributed by atoms with Crippen molar-refractivity contribution >= 4 is 19.7 Å². The molecule has 0 radical (unpaired) electrons. The summed E-state index contributed by atoms with van der Waals surface area (Å²) in [5.74, 6) is -1.90. The summed E-state index contributed by atoms with van der Waals surface area (Å²) in [5.41, 5.74) is -0.983. The molecule has 0 aromatic carbocycles. The van der Waals surface area contributed by atoms with Crippen LogP contribution in [0.2, 0.25) is 0 Å². The quantitative estimate of drug-likeness (QED) is 0.793. The van der Waals surface area contributed by atoms with Gasteiger partial charge in [-0.1, -0.05) is 0 Å². The van der Waals surface area contributed by atoms with Crippen molar-refractivity contribution in [2.24, 2.45) is 0 Å². The van der Waals surface area contributed by atoms with Gasteiger partial charge in [0.15, 0.2) is 5.82 Å². The highest BCUT2D eigenvalue weighted by molar-refractivity contribution is 8.13. The minimum Gasteiger partial charge on any atom is -0.495 e. The Morgan fingerprint density at radius 3 is 2.44 bits per heavy atom. The second kappa shape index (κ2) is 4.46. The van der Waals surface area contributed by atoms with Crippen LogP contribution in [0.3, 0.4) is 0 Å². The van der Waals surface area contributed by atoms with E-state index in [-0.39, 0.29) is 0 Å². The monoisotopic (exact) mass is 275 g/mol. The molecule has 90 valence electrons. The molecule has 0 bridgehead atoms. The van der Waals surface area contributed by atoms with E-state index in [9.17, 15) is 21.6 Å². The number of nitrogens with zero attached hydrogens (tertiary/aromatic N) is 1. The third-order valence-corrected chi connectivity index (χ3v) is 2.78. The molecule has 0 aliphatic heterocycles. The van der Waals surface area contributed by atoms with Gasteiger partial charge in [-0.2, -0.15) is 0 Å². The van der Waals surface area contributed by atoms with Crippen LogP contribution >= 0.6 is 10.7 Å². The van der Waals surface area contributed by atoms with Crippen molar-refractivity contribution in [2.75, 3.05) is 7.11 Å². The van der Waals surface area contributed by atoms with Gasteiger partial charge >= 0.3 is 0 Å². The van der Waals surface area contributed by atoms with Crippen molar-refractivity contribution in [1.82, 2.24) is 4.98 Å². The zero-order valence-electron chi connectivity index (χ0n) is 7.75. The van der Waals surface area contributed by atoms with Crippen LogP contribution in [0.15, 0.2) is 11.1 Å². The van der Waals surface area contributed by atoms with Gasteiger partial charge in [0.25, 0.3) is 15.5 Å². The second-order valence-electron chi connectivity index (χ2n) is 2.60. The highest BCUT2D eigenvalue weighted by Crippen LogP contribution is 2.30. The van der Waals surface area contributed by atoms with E-state index in [1.54, 1.807) is 0 Å². The lowest BCUT2D eigenvalue weighted by Crippen LogP contribution is -2.05. The minimum absolute atomic E-state index is 0.490. The van der Waals surface area contributed by atoms with Crippen molar-refractivity contribution in [1.29, 1.82) is 0 Å². The largest absolute Gasteiger partial charge is 0.495 e. The maximum Gasteiger partial charge on any atom is 0.284 e. The van der Waals surface area contributed by atoms with Gasteiger partial charge in [-0.05, 0) is 0 Å². The van der Waals surface area contributed by atoms with E-state index < -0.39 is 37.8 Å². The van der Waals surface area contributed by atoms with E-state index in [0.717, 1.165) is 7.11 Å². The van der Waals surface area contributed by atoms with Gasteiger partial charge in [-0.25, -0.2) is 26.6 Å². The van der Waals surface area contributed by atoms with Gasteiger partial charge in [0.2, 0.25) is 5.03 Å². The van der Waals surface area contributed by atoms with Crippen LogP contribution in [0.4, 0.5) is 13.2 Å². The van der Waals surface area contributed by atoms with Crippen LogP contribution in [0, 0.1) is 5.82 Å². The Morgan fingerprint density at radius 2 is 2.06 bits per heavy atom. The number of hydrogen-bond donors (Lipinski definition) is 0. The SMILES string of the molecule is COc1cc(F)c(S(=O)(=O)Cl)nc1C(F)F. The molecule has 1 aromatic rings. The first-order valence-corrected chi connectivity index (χ1v) is 6.05. The van der Waals surface area contributed by atoms with Crippen molar-refractivity contribution in [2.45, 2.75) is 11.5 Å². The number of halogens is 4. The predicted molar refractivity (Wildman–Crippen MR) is 48.7 cm³/mol. The maximum atomic E-state index is 13.1. The van der Waals surface area contributed by atoms with Crippen molar-refractivity contribution < 1.29 is 26.3 Å². The smallest absolute Gasteiger partial charge is 0.284 e. The highest BCUT2D eigenvalue weighted by atomic mass is 35.7. The van der Waals surface area contributed by atoms with Crippen LogP contribution in [0.25, 0.3) is 0 Å². The lowest BCUT2D eigenvalue weighted by molar-refractivity contribution is 0.140. The number of alkyl halides is 2. The lowest BCUT2D eigenvalue weighted by atomic mass is 10.3. The fourth-order valence-electron chi connectivity index (χ4n) is 0.959. The highest BCUT2D eigenvalue weighted by Gasteiger charge is 2.25. The first-order chi connectivity index (χ1) is 7.27. The van der Waals surface area contributed by atoms with Crippen molar-refractivity contribution in [3.05, 3.63) is 17.6 Å². The lowest BCUT2D eigenvalue weighted by Gasteiger charge is -2.08. The summed E-state index contributed by atoms with van der Waals surface area (Å²) >= 11 is 0. The molecule has 0 fully saturated rings. The van der Waals surface area contributed by atoms with Gasteiger partial charge in [0.1, 0.15) is 11.4 Å². The molecule has 1 aromatic heterocycles. The standard InChI is InChI=1S/C7H5ClF3NO3S/c1-15-4-2-3(9)7(16(8,13)14)12-5(4)6(10)11/h2,6H,1H3. The zero-order valence-corrected chi connectivity index (χ0v) is 9.32. The van der Waals surface area contributed by atoms with Crippen molar-refractivity contribution in [3.63, 3.8) is 0 Å². The summed E-state index contributed by atoms with van der Waals surface area (Å²) in [6.45, 7) is 0. The average Bonchev–Trinajstić information content (AvgIpc) is 2.14. The molecule has 0 saturated heterocycles. The summed E-state index contributed by atoms with van der Waals surface area (Å²) in [6, 6.07) is 0.490. The van der Waals surface area contributed by atoms with Gasteiger partial charge < -0.3 is 4.74 Å². The predicted octanol–water partition coefficient (Wildman–Crippen LogP) is 2.09. The van der Waals surface area contributed by atoms with Gasteiger partial charge in [-0.15, -0.1) is 0 Å². The van der Waals surface area contributed by atoms with Crippen LogP contribution < -0.4 is 4.74 Å². The van der Waals surface area contributed by atoms with E-state index in [0.29, 0.717) is 6.07 Å². The molecule has 0 aliphatic rings. The van der Waals surface area contributed by atoms with Gasteiger partial charge in [0.05, 0.1) is 7.11 Å². The summed E-state index contributed by atoms with van der Waals surface area (Å²) in [4.78, 5) is 2.94. The molecule has 1 heterocycles. The molecule has 0 amide bonds. The number of aromatic nitrogens is 1. The Balaban J connectivity index is 3.52. The van der Waals surface area contributed by atoms with Crippen LogP contribution in [-0.2, 0) is 9.05 Å². The average molecular weight is 276 g/mol. The number of methoxy groups -OCH3 is 1. The fraction of sp³-hybridized carbons (Fsp3) is 0.286. The fourth-order valence-corrected chi connectivity index (χ4v) is 1.78. The third-order valence-electron chi connectivity index (χ3n) is 1.59. The van der Waals surface area contributed by atoms with Crippen LogP contribution in [0.1, 0.15) is 12.1 Å². The van der Waals surface area contributed by atoms with E-state index in [4.69, 9.17) is 10.7 Å². The molecule has 0 saturated carbocycles. The van der Waals surface area contributed by atoms with E-state index in [1.165, 1.54) is 0 Å². The van der Waals surface area contributed by atoms with E-state index in [1.807, 2.05) is 0 Å². The molecule has 0 aliphatic carbocycles. The second-order valence-corrected chi connectivity index (χ2v) is 5.08. The minimum atomic E-state index is -4.52. The molecule has 1 rings (SSSR count). The molecular formula is C7H5ClF3NO3S. The topological polar surface area (TPSA) is 56.3 Å². The first-order valence-electron chi connectivity index (χ1n) is 3.74. The summed E-state index contributed by atoms with van der Waals surface area (Å²) in [5, 5.41) is -1.25. The Hall–Kier alpha value is -1.02. The van der Waals surface area contributed by atoms with Crippen molar-refractivity contribution in [3.8, 4) is 5.75 Å². The number of pyridine rings is 1. The zero-order chi connectivity index (χ0) is 12.5. The molecular weight excluding hydrogens is 271 g/mol. The molecule has 0 atom stereocenters. The molecule has 0 unspecified atom stereocenters. The summed E-state index contributed by atoms with van der Waals surface area (Å²) in [6.07, 6.45) is -3.10. The summed E-state index contributed by atoms with van der Waals surface area (Å²) in [7, 11) is 1.33. The Morgan fingerprint density at radius 1 is 1.50 bits per heavy atom. The van der Waals surface area contributed by atoms with E-state index >= 15 is 0 Å². The normalized spacial score (nSPS) is 11.9. The van der Waals surface area contributed by atoms with E-state index in [2.05, 4.69) is 9.72 Å². The molecule has 0 N–H and O–H groups in total. The number of ether oxygens (including phenoxy) is 1. The molecule has 16 heavy (non-hydrogen) atoms. The molecule has 0 spiro atoms. The Labute approximate surface area is 93.4 Å². The maximum absolute atomic E-state index is 13.1. The Kier molecular flexibility index (Phi) is 3.64. The Bertz CT molecular complexity index is 506. The summed E-state index contributed by atoms with van der Waals surface area (Å²) < 4.78 is 64.0. The number of hydrogen-bond acceptors (Lipinski definition) is 4. The number of rotatable bonds is 3. The van der Waals surface area contributed by atoms with Gasteiger partial charge in [0, 0.05) is 16.7 Å². The van der Waals surface area contributed by atoms with Crippen LogP contribution in [-0.4, -0.2) is 20.5 Å². The van der Waals surface area contributed by atoms with Crippen LogP contribution in [0.5, 0.6) is 5.75 Å².